The van der Waals surface area contributed by atoms with Crippen LogP contribution in [0.25, 0.3) is 0 Å². The van der Waals surface area contributed by atoms with Crippen molar-refractivity contribution in [2.24, 2.45) is 0 Å². The lowest BCUT2D eigenvalue weighted by Crippen LogP contribution is -1.96. The third-order valence-corrected chi connectivity index (χ3v) is 4.43. The first-order valence-electron chi connectivity index (χ1n) is 5.26. The van der Waals surface area contributed by atoms with E-state index in [4.69, 9.17) is 32.7 Å². The van der Waals surface area contributed by atoms with Crippen LogP contribution in [-0.4, -0.2) is 14.2 Å². The zero-order valence-electron chi connectivity index (χ0n) is 9.94. The Morgan fingerprint density at radius 1 is 1.17 bits per heavy atom. The van der Waals surface area contributed by atoms with Gasteiger partial charge in [-0.15, -0.1) is 22.9 Å². The van der Waals surface area contributed by atoms with Crippen LogP contribution in [0.3, 0.4) is 0 Å². The number of rotatable bonds is 4. The smallest absolute Gasteiger partial charge is 0.162 e. The molecule has 0 amide bonds. The fourth-order valence-electron chi connectivity index (χ4n) is 1.65. The Kier molecular flexibility index (Phi) is 4.38. The van der Waals surface area contributed by atoms with Crippen LogP contribution in [0.2, 0.25) is 5.02 Å². The third kappa shape index (κ3) is 2.58. The summed E-state index contributed by atoms with van der Waals surface area (Å²) in [6.07, 6.45) is 0. The van der Waals surface area contributed by atoms with Gasteiger partial charge < -0.3 is 9.47 Å². The number of methoxy groups -OCH3 is 2. The Morgan fingerprint density at radius 2 is 1.83 bits per heavy atom. The molecule has 18 heavy (non-hydrogen) atoms. The highest BCUT2D eigenvalue weighted by atomic mass is 35.5. The minimum absolute atomic E-state index is 0.280. The minimum atomic E-state index is -0.280. The molecule has 1 aromatic carbocycles. The number of benzene rings is 1. The normalized spacial score (nSPS) is 12.2. The van der Waals surface area contributed by atoms with Gasteiger partial charge in [-0.1, -0.05) is 17.7 Å². The highest BCUT2D eigenvalue weighted by Crippen LogP contribution is 2.41. The second-order valence-corrected chi connectivity index (χ2v) is 5.43. The van der Waals surface area contributed by atoms with Crippen molar-refractivity contribution in [3.05, 3.63) is 45.1 Å². The van der Waals surface area contributed by atoms with Crippen molar-refractivity contribution in [2.75, 3.05) is 14.2 Å². The predicted molar refractivity (Wildman–Crippen MR) is 76.6 cm³/mol. The van der Waals surface area contributed by atoms with Crippen LogP contribution < -0.4 is 9.47 Å². The molecule has 0 radical (unpaired) electrons. The van der Waals surface area contributed by atoms with Crippen molar-refractivity contribution in [3.63, 3.8) is 0 Å². The van der Waals surface area contributed by atoms with E-state index in [-0.39, 0.29) is 5.38 Å². The van der Waals surface area contributed by atoms with E-state index in [1.807, 2.05) is 23.6 Å². The van der Waals surface area contributed by atoms with Gasteiger partial charge in [0.05, 0.1) is 19.6 Å². The molecule has 0 saturated heterocycles. The van der Waals surface area contributed by atoms with Crippen LogP contribution in [-0.2, 0) is 0 Å². The first kappa shape index (κ1) is 13.5. The fraction of sp³-hybridized carbons (Fsp3) is 0.231. The maximum absolute atomic E-state index is 6.43. The van der Waals surface area contributed by atoms with Crippen LogP contribution in [0, 0.1) is 0 Å². The van der Waals surface area contributed by atoms with Gasteiger partial charge in [-0.05, 0) is 23.1 Å². The fourth-order valence-corrected chi connectivity index (χ4v) is 3.10. The van der Waals surface area contributed by atoms with Crippen LogP contribution in [0.1, 0.15) is 15.8 Å². The molecule has 0 aliphatic heterocycles. The Morgan fingerprint density at radius 3 is 2.39 bits per heavy atom. The molecule has 1 heterocycles. The standard InChI is InChI=1S/C13H12Cl2O2S/c1-16-10-6-8(9(14)7-11(10)17-2)13(15)12-4-3-5-18-12/h3-7,13H,1-2H3. The first-order chi connectivity index (χ1) is 8.67. The van der Waals surface area contributed by atoms with Crippen LogP contribution in [0.4, 0.5) is 0 Å². The van der Waals surface area contributed by atoms with Gasteiger partial charge in [-0.2, -0.15) is 0 Å². The zero-order chi connectivity index (χ0) is 13.1. The Hall–Kier alpha value is -0.900. The summed E-state index contributed by atoms with van der Waals surface area (Å²) in [5, 5.41) is 2.28. The highest BCUT2D eigenvalue weighted by Gasteiger charge is 2.18. The second-order valence-electron chi connectivity index (χ2n) is 3.61. The number of hydrogen-bond acceptors (Lipinski definition) is 3. The molecule has 2 rings (SSSR count). The highest BCUT2D eigenvalue weighted by molar-refractivity contribution is 7.10. The Balaban J connectivity index is 2.45. The minimum Gasteiger partial charge on any atom is -0.493 e. The van der Waals surface area contributed by atoms with Crippen molar-refractivity contribution in [1.29, 1.82) is 0 Å². The molecule has 1 unspecified atom stereocenters. The lowest BCUT2D eigenvalue weighted by molar-refractivity contribution is 0.354. The third-order valence-electron chi connectivity index (χ3n) is 2.57. The largest absolute Gasteiger partial charge is 0.493 e. The topological polar surface area (TPSA) is 18.5 Å². The van der Waals surface area contributed by atoms with E-state index < -0.39 is 0 Å². The van der Waals surface area contributed by atoms with E-state index in [0.717, 1.165) is 10.4 Å². The number of thiophene rings is 1. The van der Waals surface area contributed by atoms with Crippen molar-refractivity contribution in [1.82, 2.24) is 0 Å². The van der Waals surface area contributed by atoms with Crippen molar-refractivity contribution >= 4 is 34.5 Å². The van der Waals surface area contributed by atoms with E-state index in [1.165, 1.54) is 0 Å². The van der Waals surface area contributed by atoms with Gasteiger partial charge in [0, 0.05) is 16.0 Å². The molecule has 0 fully saturated rings. The van der Waals surface area contributed by atoms with Crippen LogP contribution in [0.15, 0.2) is 29.6 Å². The molecule has 1 aromatic heterocycles. The van der Waals surface area contributed by atoms with Gasteiger partial charge in [-0.25, -0.2) is 0 Å². The zero-order valence-corrected chi connectivity index (χ0v) is 12.3. The molecule has 96 valence electrons. The quantitative estimate of drug-likeness (QED) is 0.759. The van der Waals surface area contributed by atoms with E-state index in [2.05, 4.69) is 0 Å². The molecule has 0 bridgehead atoms. The van der Waals surface area contributed by atoms with E-state index in [9.17, 15) is 0 Å². The molecule has 0 aliphatic carbocycles. The average molecular weight is 303 g/mol. The number of hydrogen-bond donors (Lipinski definition) is 0. The van der Waals surface area contributed by atoms with Crippen LogP contribution in [0.5, 0.6) is 11.5 Å². The molecule has 0 saturated carbocycles. The van der Waals surface area contributed by atoms with Gasteiger partial charge in [0.2, 0.25) is 0 Å². The number of ether oxygens (including phenoxy) is 2. The molecule has 1 atom stereocenters. The van der Waals surface area contributed by atoms with Gasteiger partial charge in [0.15, 0.2) is 11.5 Å². The molecular formula is C13H12Cl2O2S. The van der Waals surface area contributed by atoms with Gasteiger partial charge >= 0.3 is 0 Å². The number of alkyl halides is 1. The van der Waals surface area contributed by atoms with Crippen LogP contribution >= 0.6 is 34.5 Å². The van der Waals surface area contributed by atoms with E-state index >= 15 is 0 Å². The summed E-state index contributed by atoms with van der Waals surface area (Å²) in [5.41, 5.74) is 0.818. The summed E-state index contributed by atoms with van der Waals surface area (Å²) >= 11 is 14.3. The molecule has 0 spiro atoms. The summed E-state index contributed by atoms with van der Waals surface area (Å²) in [6.45, 7) is 0. The summed E-state index contributed by atoms with van der Waals surface area (Å²) in [5.74, 6) is 1.22. The maximum atomic E-state index is 6.43. The molecule has 2 nitrogen and oxygen atoms in total. The lowest BCUT2D eigenvalue weighted by Gasteiger charge is -2.14. The molecule has 2 aromatic rings. The molecule has 0 N–H and O–H groups in total. The lowest BCUT2D eigenvalue weighted by atomic mass is 10.1. The van der Waals surface area contributed by atoms with Gasteiger partial charge in [0.25, 0.3) is 0 Å². The molecule has 5 heteroatoms. The Labute approximate surface area is 120 Å². The summed E-state index contributed by atoms with van der Waals surface area (Å²) in [7, 11) is 3.16. The van der Waals surface area contributed by atoms with E-state index in [1.54, 1.807) is 31.6 Å². The SMILES string of the molecule is COc1cc(Cl)c(C(Cl)c2cccs2)cc1OC. The molecular weight excluding hydrogens is 291 g/mol. The Bertz CT molecular complexity index is 526. The van der Waals surface area contributed by atoms with Crippen molar-refractivity contribution in [2.45, 2.75) is 5.38 Å². The van der Waals surface area contributed by atoms with E-state index in [0.29, 0.717) is 16.5 Å². The second kappa shape index (κ2) is 5.83. The summed E-state index contributed by atoms with van der Waals surface area (Å²) in [4.78, 5) is 1.05. The summed E-state index contributed by atoms with van der Waals surface area (Å²) < 4.78 is 10.5. The van der Waals surface area contributed by atoms with Gasteiger partial charge in [-0.3, -0.25) is 0 Å². The average Bonchev–Trinajstić information content (AvgIpc) is 2.91. The van der Waals surface area contributed by atoms with Crippen molar-refractivity contribution < 1.29 is 9.47 Å². The monoisotopic (exact) mass is 302 g/mol. The number of halogens is 2. The van der Waals surface area contributed by atoms with Gasteiger partial charge in [0.1, 0.15) is 0 Å². The molecule has 0 aliphatic rings. The van der Waals surface area contributed by atoms with Crippen molar-refractivity contribution in [3.8, 4) is 11.5 Å². The first-order valence-corrected chi connectivity index (χ1v) is 6.95. The summed E-state index contributed by atoms with van der Waals surface area (Å²) in [6, 6.07) is 7.48. The maximum Gasteiger partial charge on any atom is 0.162 e. The predicted octanol–water partition coefficient (Wildman–Crippen LogP) is 4.75.